The standard InChI is InChI=1S/C8H12FNO2/c1-2-3-8(9)4-6(7(11)12)10-5-8/h2,6,10H,1,3-5H2,(H,11,12). The predicted molar refractivity (Wildman–Crippen MR) is 42.7 cm³/mol. The summed E-state index contributed by atoms with van der Waals surface area (Å²) < 4.78 is 13.5. The number of hydrogen-bond donors (Lipinski definition) is 2. The number of allylic oxidation sites excluding steroid dienone is 1. The first-order valence-corrected chi connectivity index (χ1v) is 3.83. The molecule has 4 heteroatoms. The monoisotopic (exact) mass is 173 g/mol. The molecule has 1 fully saturated rings. The van der Waals surface area contributed by atoms with Crippen LogP contribution in [-0.2, 0) is 4.79 Å². The number of nitrogens with one attached hydrogen (secondary N) is 1. The van der Waals surface area contributed by atoms with Crippen LogP contribution in [0, 0.1) is 0 Å². The fourth-order valence-electron chi connectivity index (χ4n) is 1.41. The first-order valence-electron chi connectivity index (χ1n) is 3.83. The second kappa shape index (κ2) is 3.23. The highest BCUT2D eigenvalue weighted by molar-refractivity contribution is 5.74. The van der Waals surface area contributed by atoms with Gasteiger partial charge < -0.3 is 10.4 Å². The largest absolute Gasteiger partial charge is 0.480 e. The summed E-state index contributed by atoms with van der Waals surface area (Å²) in [4.78, 5) is 10.4. The van der Waals surface area contributed by atoms with Crippen molar-refractivity contribution in [1.82, 2.24) is 5.32 Å². The first-order chi connectivity index (χ1) is 5.57. The van der Waals surface area contributed by atoms with Gasteiger partial charge in [-0.15, -0.1) is 6.58 Å². The number of carboxylic acids is 1. The zero-order valence-corrected chi connectivity index (χ0v) is 6.72. The van der Waals surface area contributed by atoms with Crippen molar-refractivity contribution in [1.29, 1.82) is 0 Å². The van der Waals surface area contributed by atoms with Gasteiger partial charge in [0.1, 0.15) is 11.7 Å². The summed E-state index contributed by atoms with van der Waals surface area (Å²) in [6.45, 7) is 3.53. The van der Waals surface area contributed by atoms with Gasteiger partial charge >= 0.3 is 5.97 Å². The third-order valence-electron chi connectivity index (χ3n) is 2.04. The van der Waals surface area contributed by atoms with Gasteiger partial charge in [0.2, 0.25) is 0 Å². The lowest BCUT2D eigenvalue weighted by atomic mass is 9.98. The van der Waals surface area contributed by atoms with Crippen molar-refractivity contribution >= 4 is 5.97 Å². The number of alkyl halides is 1. The van der Waals surface area contributed by atoms with Crippen molar-refractivity contribution in [3.8, 4) is 0 Å². The average Bonchev–Trinajstić information content (AvgIpc) is 2.33. The Hall–Kier alpha value is -0.900. The van der Waals surface area contributed by atoms with Crippen LogP contribution in [0.3, 0.4) is 0 Å². The van der Waals surface area contributed by atoms with E-state index in [1.165, 1.54) is 6.08 Å². The minimum absolute atomic E-state index is 0.0361. The number of carboxylic acid groups (broad SMARTS) is 1. The van der Waals surface area contributed by atoms with Crippen LogP contribution >= 0.6 is 0 Å². The highest BCUT2D eigenvalue weighted by Crippen LogP contribution is 2.27. The van der Waals surface area contributed by atoms with E-state index in [1.807, 2.05) is 0 Å². The third-order valence-corrected chi connectivity index (χ3v) is 2.04. The Morgan fingerprint density at radius 3 is 3.00 bits per heavy atom. The Morgan fingerprint density at radius 2 is 2.58 bits per heavy atom. The second-order valence-electron chi connectivity index (χ2n) is 3.12. The molecule has 12 heavy (non-hydrogen) atoms. The molecule has 0 aromatic heterocycles. The molecule has 0 radical (unpaired) electrons. The lowest BCUT2D eigenvalue weighted by Crippen LogP contribution is -2.30. The maximum Gasteiger partial charge on any atom is 0.320 e. The van der Waals surface area contributed by atoms with Crippen molar-refractivity contribution < 1.29 is 14.3 Å². The zero-order chi connectivity index (χ0) is 9.19. The first kappa shape index (κ1) is 9.19. The Balaban J connectivity index is 2.54. The Bertz CT molecular complexity index is 207. The summed E-state index contributed by atoms with van der Waals surface area (Å²) in [5.74, 6) is -0.987. The van der Waals surface area contributed by atoms with Crippen molar-refractivity contribution in [3.05, 3.63) is 12.7 Å². The molecule has 0 aromatic rings. The van der Waals surface area contributed by atoms with Crippen LogP contribution in [0.2, 0.25) is 0 Å². The van der Waals surface area contributed by atoms with E-state index in [1.54, 1.807) is 0 Å². The van der Waals surface area contributed by atoms with Crippen LogP contribution in [0.1, 0.15) is 12.8 Å². The molecular weight excluding hydrogens is 161 g/mol. The van der Waals surface area contributed by atoms with E-state index in [-0.39, 0.29) is 19.4 Å². The average molecular weight is 173 g/mol. The number of hydrogen-bond acceptors (Lipinski definition) is 2. The topological polar surface area (TPSA) is 49.3 Å². The Morgan fingerprint density at radius 1 is 1.92 bits per heavy atom. The molecule has 0 spiro atoms. The van der Waals surface area contributed by atoms with Gasteiger partial charge in [-0.2, -0.15) is 0 Å². The Kier molecular flexibility index (Phi) is 2.47. The fourth-order valence-corrected chi connectivity index (χ4v) is 1.41. The van der Waals surface area contributed by atoms with Crippen molar-refractivity contribution in [2.45, 2.75) is 24.6 Å². The number of rotatable bonds is 3. The molecule has 0 bridgehead atoms. The normalized spacial score (nSPS) is 34.9. The molecule has 68 valence electrons. The lowest BCUT2D eigenvalue weighted by Gasteiger charge is -2.14. The van der Waals surface area contributed by atoms with Gasteiger partial charge in [0.25, 0.3) is 0 Å². The van der Waals surface area contributed by atoms with Gasteiger partial charge in [-0.3, -0.25) is 4.79 Å². The van der Waals surface area contributed by atoms with Crippen LogP contribution in [0.25, 0.3) is 0 Å². The van der Waals surface area contributed by atoms with Gasteiger partial charge in [0.05, 0.1) is 0 Å². The molecule has 0 amide bonds. The molecule has 1 heterocycles. The molecule has 1 rings (SSSR count). The summed E-state index contributed by atoms with van der Waals surface area (Å²) in [7, 11) is 0. The molecule has 1 saturated heterocycles. The molecule has 2 atom stereocenters. The molecule has 1 aliphatic heterocycles. The molecule has 0 aliphatic carbocycles. The summed E-state index contributed by atoms with van der Waals surface area (Å²) in [6, 6.07) is -0.741. The van der Waals surface area contributed by atoms with Crippen molar-refractivity contribution in [2.24, 2.45) is 0 Å². The van der Waals surface area contributed by atoms with E-state index in [0.717, 1.165) is 0 Å². The smallest absolute Gasteiger partial charge is 0.320 e. The maximum absolute atomic E-state index is 13.5. The lowest BCUT2D eigenvalue weighted by molar-refractivity contribution is -0.139. The minimum Gasteiger partial charge on any atom is -0.480 e. The zero-order valence-electron chi connectivity index (χ0n) is 6.72. The molecule has 1 aliphatic rings. The summed E-state index contributed by atoms with van der Waals surface area (Å²) in [5.41, 5.74) is -1.41. The quantitative estimate of drug-likeness (QED) is 0.618. The number of aliphatic carboxylic acids is 1. The molecular formula is C8H12FNO2. The van der Waals surface area contributed by atoms with Gasteiger partial charge in [-0.05, 0) is 0 Å². The molecule has 2 unspecified atom stereocenters. The molecule has 3 nitrogen and oxygen atoms in total. The fraction of sp³-hybridized carbons (Fsp3) is 0.625. The van der Waals surface area contributed by atoms with Crippen LogP contribution in [0.4, 0.5) is 4.39 Å². The van der Waals surface area contributed by atoms with E-state index in [2.05, 4.69) is 11.9 Å². The SMILES string of the molecule is C=CCC1(F)CNC(C(=O)O)C1. The van der Waals surface area contributed by atoms with E-state index >= 15 is 0 Å². The van der Waals surface area contributed by atoms with Gasteiger partial charge in [0, 0.05) is 19.4 Å². The van der Waals surface area contributed by atoms with E-state index in [9.17, 15) is 9.18 Å². The summed E-state index contributed by atoms with van der Waals surface area (Å²) in [6.07, 6.45) is 1.73. The minimum atomic E-state index is -1.41. The van der Waals surface area contributed by atoms with Crippen molar-refractivity contribution in [2.75, 3.05) is 6.54 Å². The van der Waals surface area contributed by atoms with Gasteiger partial charge in [-0.25, -0.2) is 4.39 Å². The Labute approximate surface area is 70.3 Å². The summed E-state index contributed by atoms with van der Waals surface area (Å²) in [5, 5.41) is 11.2. The second-order valence-corrected chi connectivity index (χ2v) is 3.12. The number of halogens is 1. The van der Waals surface area contributed by atoms with Crippen LogP contribution in [-0.4, -0.2) is 29.3 Å². The molecule has 0 saturated carbocycles. The number of carbonyl (C=O) groups is 1. The summed E-state index contributed by atoms with van der Waals surface area (Å²) >= 11 is 0. The van der Waals surface area contributed by atoms with E-state index < -0.39 is 17.7 Å². The van der Waals surface area contributed by atoms with Crippen LogP contribution < -0.4 is 5.32 Å². The third kappa shape index (κ3) is 1.82. The van der Waals surface area contributed by atoms with E-state index in [4.69, 9.17) is 5.11 Å². The molecule has 0 aromatic carbocycles. The highest BCUT2D eigenvalue weighted by atomic mass is 19.1. The predicted octanol–water partition coefficient (Wildman–Crippen LogP) is 0.717. The van der Waals surface area contributed by atoms with Crippen LogP contribution in [0.5, 0.6) is 0 Å². The van der Waals surface area contributed by atoms with Gasteiger partial charge in [0.15, 0.2) is 0 Å². The maximum atomic E-state index is 13.5. The van der Waals surface area contributed by atoms with Crippen molar-refractivity contribution in [3.63, 3.8) is 0 Å². The molecule has 2 N–H and O–H groups in total. The highest BCUT2D eigenvalue weighted by Gasteiger charge is 2.40. The van der Waals surface area contributed by atoms with Crippen LogP contribution in [0.15, 0.2) is 12.7 Å². The van der Waals surface area contributed by atoms with Gasteiger partial charge in [-0.1, -0.05) is 6.08 Å². The van der Waals surface area contributed by atoms with E-state index in [0.29, 0.717) is 0 Å².